The monoisotopic (exact) mass is 240 g/mol. The summed E-state index contributed by atoms with van der Waals surface area (Å²) in [5.41, 5.74) is 0. The van der Waals surface area contributed by atoms with Gasteiger partial charge in [-0.15, -0.1) is 0 Å². The largest absolute Gasteiger partial charge is 0.395 e. The van der Waals surface area contributed by atoms with Crippen molar-refractivity contribution >= 4 is 0 Å². The lowest BCUT2D eigenvalue weighted by atomic mass is 10.0. The van der Waals surface area contributed by atoms with E-state index < -0.39 is 0 Å². The molecule has 0 radical (unpaired) electrons. The van der Waals surface area contributed by atoms with Crippen LogP contribution < -0.4 is 0 Å². The van der Waals surface area contributed by atoms with Crippen LogP contribution in [0, 0.1) is 0 Å². The van der Waals surface area contributed by atoms with E-state index in [0.717, 1.165) is 12.6 Å². The van der Waals surface area contributed by atoms with Crippen LogP contribution in [0.15, 0.2) is 0 Å². The van der Waals surface area contributed by atoms with Gasteiger partial charge in [0, 0.05) is 31.2 Å². The Labute approximate surface area is 106 Å². The van der Waals surface area contributed by atoms with Gasteiger partial charge in [-0.05, 0) is 26.8 Å². The van der Waals surface area contributed by atoms with Crippen LogP contribution in [0.5, 0.6) is 0 Å². The van der Waals surface area contributed by atoms with E-state index >= 15 is 0 Å². The molecule has 2 rings (SSSR count). The van der Waals surface area contributed by atoms with Gasteiger partial charge in [0.15, 0.2) is 0 Å². The zero-order chi connectivity index (χ0) is 12.3. The molecule has 2 fully saturated rings. The standard InChI is InChI=1S/C14H28N2O/c1-12-9-16(10-14(11-17)15(12)2)13-7-5-3-4-6-8-13/h12-14,17H,3-11H2,1-2H3. The summed E-state index contributed by atoms with van der Waals surface area (Å²) in [6.07, 6.45) is 8.37. The van der Waals surface area contributed by atoms with Crippen LogP contribution in [0.4, 0.5) is 0 Å². The lowest BCUT2D eigenvalue weighted by Crippen LogP contribution is -2.59. The van der Waals surface area contributed by atoms with E-state index in [9.17, 15) is 5.11 Å². The third kappa shape index (κ3) is 3.21. The molecule has 1 aliphatic heterocycles. The molecule has 2 atom stereocenters. The second-order valence-electron chi connectivity index (χ2n) is 5.95. The Morgan fingerprint density at radius 2 is 1.71 bits per heavy atom. The molecule has 1 N–H and O–H groups in total. The lowest BCUT2D eigenvalue weighted by Gasteiger charge is -2.46. The summed E-state index contributed by atoms with van der Waals surface area (Å²) in [5, 5.41) is 9.48. The van der Waals surface area contributed by atoms with Crippen molar-refractivity contribution in [2.24, 2.45) is 0 Å². The summed E-state index contributed by atoms with van der Waals surface area (Å²) >= 11 is 0. The minimum Gasteiger partial charge on any atom is -0.395 e. The molecule has 0 bridgehead atoms. The van der Waals surface area contributed by atoms with Gasteiger partial charge in [0.2, 0.25) is 0 Å². The van der Waals surface area contributed by atoms with E-state index in [1.54, 1.807) is 0 Å². The van der Waals surface area contributed by atoms with Crippen LogP contribution in [0.1, 0.15) is 45.4 Å². The number of likely N-dealkylation sites (N-methyl/N-ethyl adjacent to an activating group) is 1. The number of nitrogens with zero attached hydrogens (tertiary/aromatic N) is 2. The maximum atomic E-state index is 9.48. The maximum Gasteiger partial charge on any atom is 0.0599 e. The van der Waals surface area contributed by atoms with Crippen LogP contribution >= 0.6 is 0 Å². The zero-order valence-electron chi connectivity index (χ0n) is 11.4. The van der Waals surface area contributed by atoms with Gasteiger partial charge in [-0.3, -0.25) is 9.80 Å². The van der Waals surface area contributed by atoms with Crippen molar-refractivity contribution in [1.82, 2.24) is 9.80 Å². The average molecular weight is 240 g/mol. The fourth-order valence-corrected chi connectivity index (χ4v) is 3.41. The Bertz CT molecular complexity index is 226. The summed E-state index contributed by atoms with van der Waals surface area (Å²) < 4.78 is 0. The average Bonchev–Trinajstić information content (AvgIpc) is 2.61. The molecule has 0 amide bonds. The fraction of sp³-hybridized carbons (Fsp3) is 1.00. The first kappa shape index (κ1) is 13.3. The van der Waals surface area contributed by atoms with Crippen molar-refractivity contribution < 1.29 is 5.11 Å². The van der Waals surface area contributed by atoms with Crippen LogP contribution in [0.3, 0.4) is 0 Å². The van der Waals surface area contributed by atoms with Crippen molar-refractivity contribution in [3.8, 4) is 0 Å². The molecule has 0 aromatic rings. The van der Waals surface area contributed by atoms with Gasteiger partial charge in [-0.2, -0.15) is 0 Å². The quantitative estimate of drug-likeness (QED) is 0.744. The first-order chi connectivity index (χ1) is 8.22. The molecule has 100 valence electrons. The van der Waals surface area contributed by atoms with E-state index in [4.69, 9.17) is 0 Å². The molecule has 1 heterocycles. The van der Waals surface area contributed by atoms with Crippen LogP contribution in [0.2, 0.25) is 0 Å². The third-order valence-electron chi connectivity index (χ3n) is 4.77. The van der Waals surface area contributed by atoms with E-state index in [1.165, 1.54) is 45.1 Å². The molecule has 0 aromatic heterocycles. The van der Waals surface area contributed by atoms with Crippen molar-refractivity contribution in [3.63, 3.8) is 0 Å². The molecular weight excluding hydrogens is 212 g/mol. The summed E-state index contributed by atoms with van der Waals surface area (Å²) in [7, 11) is 2.15. The minimum atomic E-state index is 0.296. The highest BCUT2D eigenvalue weighted by Gasteiger charge is 2.32. The normalized spacial score (nSPS) is 34.8. The number of hydrogen-bond acceptors (Lipinski definition) is 3. The van der Waals surface area contributed by atoms with Crippen molar-refractivity contribution in [2.45, 2.75) is 63.6 Å². The van der Waals surface area contributed by atoms with Gasteiger partial charge in [-0.1, -0.05) is 25.7 Å². The van der Waals surface area contributed by atoms with Gasteiger partial charge in [-0.25, -0.2) is 0 Å². The molecule has 1 saturated carbocycles. The Hall–Kier alpha value is -0.120. The topological polar surface area (TPSA) is 26.7 Å². The molecule has 0 aromatic carbocycles. The van der Waals surface area contributed by atoms with E-state index in [0.29, 0.717) is 18.7 Å². The van der Waals surface area contributed by atoms with Crippen molar-refractivity contribution in [2.75, 3.05) is 26.7 Å². The lowest BCUT2D eigenvalue weighted by molar-refractivity contribution is -0.0000906. The number of piperazine rings is 1. The first-order valence-electron chi connectivity index (χ1n) is 7.29. The molecule has 2 aliphatic rings. The Kier molecular flexibility index (Phi) is 4.83. The molecule has 1 aliphatic carbocycles. The van der Waals surface area contributed by atoms with E-state index in [2.05, 4.69) is 23.8 Å². The number of aliphatic hydroxyl groups is 1. The molecule has 0 spiro atoms. The van der Waals surface area contributed by atoms with Gasteiger partial charge in [0.25, 0.3) is 0 Å². The molecule has 3 heteroatoms. The van der Waals surface area contributed by atoms with Gasteiger partial charge in [0.05, 0.1) is 6.61 Å². The smallest absolute Gasteiger partial charge is 0.0599 e. The van der Waals surface area contributed by atoms with Gasteiger partial charge < -0.3 is 5.11 Å². The molecule has 1 saturated heterocycles. The summed E-state index contributed by atoms with van der Waals surface area (Å²) in [6.45, 7) is 4.81. The first-order valence-corrected chi connectivity index (χ1v) is 7.29. The van der Waals surface area contributed by atoms with Crippen molar-refractivity contribution in [1.29, 1.82) is 0 Å². The second-order valence-corrected chi connectivity index (χ2v) is 5.95. The Morgan fingerprint density at radius 1 is 1.06 bits per heavy atom. The summed E-state index contributed by atoms with van der Waals surface area (Å²) in [5.74, 6) is 0. The maximum absolute atomic E-state index is 9.48. The fourth-order valence-electron chi connectivity index (χ4n) is 3.41. The summed E-state index contributed by atoms with van der Waals surface area (Å²) in [4.78, 5) is 4.99. The molecule has 17 heavy (non-hydrogen) atoms. The molecular formula is C14H28N2O. The SMILES string of the molecule is CC1CN(C2CCCCCC2)CC(CO)N1C. The highest BCUT2D eigenvalue weighted by atomic mass is 16.3. The summed E-state index contributed by atoms with van der Waals surface area (Å²) in [6, 6.07) is 1.69. The predicted molar refractivity (Wildman–Crippen MR) is 71.2 cm³/mol. The second kappa shape index (κ2) is 6.17. The Balaban J connectivity index is 1.95. The van der Waals surface area contributed by atoms with Crippen LogP contribution in [-0.4, -0.2) is 59.8 Å². The third-order valence-corrected chi connectivity index (χ3v) is 4.77. The Morgan fingerprint density at radius 3 is 2.29 bits per heavy atom. The van der Waals surface area contributed by atoms with Crippen LogP contribution in [0.25, 0.3) is 0 Å². The van der Waals surface area contributed by atoms with Crippen LogP contribution in [-0.2, 0) is 0 Å². The zero-order valence-corrected chi connectivity index (χ0v) is 11.4. The van der Waals surface area contributed by atoms with E-state index in [-0.39, 0.29) is 0 Å². The number of aliphatic hydroxyl groups excluding tert-OH is 1. The van der Waals surface area contributed by atoms with Gasteiger partial charge in [0.1, 0.15) is 0 Å². The highest BCUT2D eigenvalue weighted by Crippen LogP contribution is 2.25. The molecule has 2 unspecified atom stereocenters. The predicted octanol–water partition coefficient (Wildman–Crippen LogP) is 1.71. The number of hydrogen-bond donors (Lipinski definition) is 1. The van der Waals surface area contributed by atoms with Crippen molar-refractivity contribution in [3.05, 3.63) is 0 Å². The van der Waals surface area contributed by atoms with Gasteiger partial charge >= 0.3 is 0 Å². The minimum absolute atomic E-state index is 0.296. The van der Waals surface area contributed by atoms with E-state index in [1.807, 2.05) is 0 Å². The number of rotatable bonds is 2. The highest BCUT2D eigenvalue weighted by molar-refractivity contribution is 4.88. The molecule has 3 nitrogen and oxygen atoms in total.